The largest absolute Gasteiger partial charge is 0.273 e. The van der Waals surface area contributed by atoms with E-state index in [9.17, 15) is 4.79 Å². The third kappa shape index (κ3) is 2.72. The first-order valence-corrected chi connectivity index (χ1v) is 6.37. The molecule has 1 aliphatic heterocycles. The number of hydrogen-bond acceptors (Lipinski definition) is 2. The van der Waals surface area contributed by atoms with Crippen LogP contribution >= 0.6 is 11.6 Å². The molecule has 0 aliphatic carbocycles. The van der Waals surface area contributed by atoms with Crippen LogP contribution in [0.3, 0.4) is 0 Å². The van der Waals surface area contributed by atoms with Crippen LogP contribution < -0.4 is 0 Å². The van der Waals surface area contributed by atoms with Crippen molar-refractivity contribution in [3.63, 3.8) is 0 Å². The SMILES string of the molecule is CC(C)(C)C1=NN(Cc2ccccc2Cl)C(=O)C1. The Morgan fingerprint density at radius 3 is 2.56 bits per heavy atom. The summed E-state index contributed by atoms with van der Waals surface area (Å²) in [5.41, 5.74) is 1.79. The second-order valence-corrected chi connectivity index (χ2v) is 5.92. The molecule has 2 rings (SSSR count). The van der Waals surface area contributed by atoms with Crippen LogP contribution in [0.1, 0.15) is 32.8 Å². The van der Waals surface area contributed by atoms with Crippen LogP contribution in [0.5, 0.6) is 0 Å². The van der Waals surface area contributed by atoms with Crippen molar-refractivity contribution in [3.8, 4) is 0 Å². The summed E-state index contributed by atoms with van der Waals surface area (Å²) in [6, 6.07) is 7.53. The van der Waals surface area contributed by atoms with E-state index in [0.717, 1.165) is 11.3 Å². The lowest BCUT2D eigenvalue weighted by molar-refractivity contribution is -0.129. The lowest BCUT2D eigenvalue weighted by Gasteiger charge is -2.16. The fourth-order valence-electron chi connectivity index (χ4n) is 1.80. The van der Waals surface area contributed by atoms with Crippen LogP contribution in [0.15, 0.2) is 29.4 Å². The molecule has 0 saturated heterocycles. The number of carbonyl (C=O) groups excluding carboxylic acids is 1. The summed E-state index contributed by atoms with van der Waals surface area (Å²) in [6.45, 7) is 6.65. The van der Waals surface area contributed by atoms with Crippen molar-refractivity contribution in [2.45, 2.75) is 33.7 Å². The van der Waals surface area contributed by atoms with Gasteiger partial charge in [-0.25, -0.2) is 5.01 Å². The first kappa shape index (κ1) is 13.1. The zero-order chi connectivity index (χ0) is 13.3. The molecule has 4 heteroatoms. The minimum atomic E-state index is -0.0646. The molecule has 0 saturated carbocycles. The molecular weight excluding hydrogens is 248 g/mol. The predicted octanol–water partition coefficient (Wildman–Crippen LogP) is 3.47. The molecule has 0 atom stereocenters. The molecule has 1 aromatic carbocycles. The number of halogens is 1. The Hall–Kier alpha value is -1.35. The monoisotopic (exact) mass is 264 g/mol. The Morgan fingerprint density at radius 1 is 1.33 bits per heavy atom. The van der Waals surface area contributed by atoms with Crippen molar-refractivity contribution < 1.29 is 4.79 Å². The van der Waals surface area contributed by atoms with Crippen molar-refractivity contribution >= 4 is 23.2 Å². The molecule has 96 valence electrons. The maximum Gasteiger partial charge on any atom is 0.248 e. The van der Waals surface area contributed by atoms with E-state index in [1.807, 2.05) is 24.3 Å². The fraction of sp³-hybridized carbons (Fsp3) is 0.429. The topological polar surface area (TPSA) is 32.7 Å². The lowest BCUT2D eigenvalue weighted by Crippen LogP contribution is -2.20. The van der Waals surface area contributed by atoms with Crippen LogP contribution in [0, 0.1) is 5.41 Å². The molecule has 0 bridgehead atoms. The summed E-state index contributed by atoms with van der Waals surface area (Å²) in [5, 5.41) is 6.61. The average molecular weight is 265 g/mol. The highest BCUT2D eigenvalue weighted by Crippen LogP contribution is 2.26. The van der Waals surface area contributed by atoms with Crippen molar-refractivity contribution in [1.82, 2.24) is 5.01 Å². The van der Waals surface area contributed by atoms with E-state index >= 15 is 0 Å². The van der Waals surface area contributed by atoms with Gasteiger partial charge in [-0.2, -0.15) is 5.10 Å². The van der Waals surface area contributed by atoms with Gasteiger partial charge in [-0.3, -0.25) is 4.79 Å². The Balaban J connectivity index is 2.18. The van der Waals surface area contributed by atoms with E-state index in [0.29, 0.717) is 18.0 Å². The van der Waals surface area contributed by atoms with E-state index in [4.69, 9.17) is 11.6 Å². The Kier molecular flexibility index (Phi) is 3.44. The molecule has 1 aliphatic rings. The number of hydrogen-bond donors (Lipinski definition) is 0. The van der Waals surface area contributed by atoms with E-state index in [-0.39, 0.29) is 11.3 Å². The van der Waals surface area contributed by atoms with Crippen LogP contribution in [0.25, 0.3) is 0 Å². The first-order chi connectivity index (χ1) is 8.38. The molecule has 0 radical (unpaired) electrons. The number of nitrogens with zero attached hydrogens (tertiary/aromatic N) is 2. The molecule has 0 fully saturated rings. The molecule has 1 heterocycles. The molecule has 1 aromatic rings. The minimum Gasteiger partial charge on any atom is -0.273 e. The van der Waals surface area contributed by atoms with E-state index < -0.39 is 0 Å². The lowest BCUT2D eigenvalue weighted by atomic mass is 9.88. The maximum atomic E-state index is 11.9. The van der Waals surface area contributed by atoms with Crippen LogP contribution in [0.2, 0.25) is 5.02 Å². The van der Waals surface area contributed by atoms with Gasteiger partial charge in [0, 0.05) is 10.4 Å². The van der Waals surface area contributed by atoms with E-state index in [1.54, 1.807) is 0 Å². The van der Waals surface area contributed by atoms with Gasteiger partial charge in [0.2, 0.25) is 5.91 Å². The van der Waals surface area contributed by atoms with Gasteiger partial charge in [-0.1, -0.05) is 50.6 Å². The second kappa shape index (κ2) is 4.73. The minimum absolute atomic E-state index is 0.0415. The van der Waals surface area contributed by atoms with Gasteiger partial charge >= 0.3 is 0 Å². The van der Waals surface area contributed by atoms with Gasteiger partial charge in [0.25, 0.3) is 0 Å². The Labute approximate surface area is 112 Å². The van der Waals surface area contributed by atoms with E-state index in [1.165, 1.54) is 5.01 Å². The highest BCUT2D eigenvalue weighted by atomic mass is 35.5. The first-order valence-electron chi connectivity index (χ1n) is 5.99. The quantitative estimate of drug-likeness (QED) is 0.805. The number of carbonyl (C=O) groups is 1. The second-order valence-electron chi connectivity index (χ2n) is 5.52. The molecule has 18 heavy (non-hydrogen) atoms. The number of hydrazone groups is 1. The normalized spacial score (nSPS) is 16.1. The number of rotatable bonds is 2. The maximum absolute atomic E-state index is 11.9. The van der Waals surface area contributed by atoms with E-state index in [2.05, 4.69) is 25.9 Å². The Bertz CT molecular complexity index is 503. The summed E-state index contributed by atoms with van der Waals surface area (Å²) in [5.74, 6) is 0.0415. The zero-order valence-electron chi connectivity index (χ0n) is 10.9. The van der Waals surface area contributed by atoms with Gasteiger partial charge in [0.1, 0.15) is 0 Å². The summed E-state index contributed by atoms with van der Waals surface area (Å²) in [4.78, 5) is 11.9. The molecule has 0 N–H and O–H groups in total. The molecule has 0 spiro atoms. The standard InChI is InChI=1S/C14H17ClN2O/c1-14(2,3)12-8-13(18)17(16-12)9-10-6-4-5-7-11(10)15/h4-7H,8-9H2,1-3H3. The van der Waals surface area contributed by atoms with Crippen LogP contribution in [-0.2, 0) is 11.3 Å². The molecular formula is C14H17ClN2O. The molecule has 0 unspecified atom stereocenters. The fourth-order valence-corrected chi connectivity index (χ4v) is 1.99. The van der Waals surface area contributed by atoms with Gasteiger partial charge in [-0.15, -0.1) is 0 Å². The van der Waals surface area contributed by atoms with Crippen LogP contribution in [0.4, 0.5) is 0 Å². The highest BCUT2D eigenvalue weighted by molar-refractivity contribution is 6.31. The summed E-state index contributed by atoms with van der Waals surface area (Å²) in [6.07, 6.45) is 0.411. The number of amides is 1. The summed E-state index contributed by atoms with van der Waals surface area (Å²) in [7, 11) is 0. The van der Waals surface area contributed by atoms with Gasteiger partial charge in [-0.05, 0) is 11.6 Å². The molecule has 1 amide bonds. The van der Waals surface area contributed by atoms with Gasteiger partial charge < -0.3 is 0 Å². The zero-order valence-corrected chi connectivity index (χ0v) is 11.7. The molecule has 3 nitrogen and oxygen atoms in total. The third-order valence-corrected chi connectivity index (χ3v) is 3.36. The van der Waals surface area contributed by atoms with Crippen LogP contribution in [-0.4, -0.2) is 16.6 Å². The predicted molar refractivity (Wildman–Crippen MR) is 73.5 cm³/mol. The summed E-state index contributed by atoms with van der Waals surface area (Å²) >= 11 is 6.09. The highest BCUT2D eigenvalue weighted by Gasteiger charge is 2.31. The summed E-state index contributed by atoms with van der Waals surface area (Å²) < 4.78 is 0. The van der Waals surface area contributed by atoms with Gasteiger partial charge in [0.05, 0.1) is 18.7 Å². The third-order valence-electron chi connectivity index (χ3n) is 2.99. The average Bonchev–Trinajstić information content (AvgIpc) is 2.63. The van der Waals surface area contributed by atoms with Gasteiger partial charge in [0.15, 0.2) is 0 Å². The number of benzene rings is 1. The van der Waals surface area contributed by atoms with Crippen molar-refractivity contribution in [3.05, 3.63) is 34.9 Å². The Morgan fingerprint density at radius 2 is 2.00 bits per heavy atom. The smallest absolute Gasteiger partial charge is 0.248 e. The molecule has 0 aromatic heterocycles. The van der Waals surface area contributed by atoms with Crippen molar-refractivity contribution in [2.24, 2.45) is 10.5 Å². The van der Waals surface area contributed by atoms with Crippen molar-refractivity contribution in [1.29, 1.82) is 0 Å². The van der Waals surface area contributed by atoms with Crippen molar-refractivity contribution in [2.75, 3.05) is 0 Å².